The van der Waals surface area contributed by atoms with E-state index < -0.39 is 29.9 Å². The van der Waals surface area contributed by atoms with Crippen LogP contribution in [0.15, 0.2) is 0 Å². The zero-order valence-electron chi connectivity index (χ0n) is 14.9. The van der Waals surface area contributed by atoms with Gasteiger partial charge in [-0.15, -0.1) is 0 Å². The van der Waals surface area contributed by atoms with Crippen LogP contribution in [0.3, 0.4) is 0 Å². The molecule has 2 aliphatic rings. The zero-order chi connectivity index (χ0) is 17.4. The molecule has 1 aliphatic carbocycles. The number of unbranched alkanes of at least 4 members (excludes halogenated alkanes) is 2. The van der Waals surface area contributed by atoms with Crippen LogP contribution in [-0.4, -0.2) is 43.1 Å². The van der Waals surface area contributed by atoms with Gasteiger partial charge in [-0.1, -0.05) is 33.1 Å². The Morgan fingerprint density at radius 3 is 1.75 bits per heavy atom. The van der Waals surface area contributed by atoms with E-state index in [1.165, 1.54) is 0 Å². The molecular weight excluding hydrogens is 312 g/mol. The third kappa shape index (κ3) is 4.93. The van der Waals surface area contributed by atoms with Gasteiger partial charge in [-0.3, -0.25) is 0 Å². The SMILES string of the molecule is CCCCOC(=O)[C@H]1OC2(CCCCC2)O[C@H]1C(=O)OCCCC. The zero-order valence-corrected chi connectivity index (χ0v) is 14.9. The standard InChI is InChI=1S/C18H30O6/c1-3-5-12-21-16(19)14-15(17(20)22-13-6-4-2)24-18(23-14)10-8-7-9-11-18/h14-15H,3-13H2,1-2H3/t14-,15+. The van der Waals surface area contributed by atoms with Gasteiger partial charge in [0, 0.05) is 12.8 Å². The topological polar surface area (TPSA) is 71.1 Å². The molecule has 0 bridgehead atoms. The quantitative estimate of drug-likeness (QED) is 0.498. The van der Waals surface area contributed by atoms with E-state index in [0.717, 1.165) is 44.9 Å². The minimum absolute atomic E-state index is 0.333. The first kappa shape index (κ1) is 19.2. The van der Waals surface area contributed by atoms with Crippen molar-refractivity contribution in [3.05, 3.63) is 0 Å². The van der Waals surface area contributed by atoms with Crippen molar-refractivity contribution >= 4 is 11.9 Å². The van der Waals surface area contributed by atoms with Crippen LogP contribution in [0.2, 0.25) is 0 Å². The summed E-state index contributed by atoms with van der Waals surface area (Å²) in [5.41, 5.74) is 0. The summed E-state index contributed by atoms with van der Waals surface area (Å²) in [5, 5.41) is 0. The second-order valence-corrected chi connectivity index (χ2v) is 6.59. The first-order chi connectivity index (χ1) is 11.6. The van der Waals surface area contributed by atoms with Gasteiger partial charge in [-0.2, -0.15) is 0 Å². The van der Waals surface area contributed by atoms with Crippen molar-refractivity contribution in [2.75, 3.05) is 13.2 Å². The van der Waals surface area contributed by atoms with Crippen molar-refractivity contribution in [2.24, 2.45) is 0 Å². The van der Waals surface area contributed by atoms with Gasteiger partial charge in [-0.25, -0.2) is 9.59 Å². The summed E-state index contributed by atoms with van der Waals surface area (Å²) in [5.74, 6) is -1.88. The molecule has 1 aliphatic heterocycles. The highest BCUT2D eigenvalue weighted by atomic mass is 16.8. The summed E-state index contributed by atoms with van der Waals surface area (Å²) < 4.78 is 22.4. The summed E-state index contributed by atoms with van der Waals surface area (Å²) >= 11 is 0. The normalized spacial score (nSPS) is 25.6. The van der Waals surface area contributed by atoms with E-state index in [4.69, 9.17) is 18.9 Å². The maximum absolute atomic E-state index is 12.4. The lowest BCUT2D eigenvalue weighted by Gasteiger charge is -2.31. The molecule has 0 aromatic rings. The molecule has 0 unspecified atom stereocenters. The average molecular weight is 342 g/mol. The lowest BCUT2D eigenvalue weighted by atomic mass is 9.94. The third-order valence-corrected chi connectivity index (χ3v) is 4.52. The molecule has 2 fully saturated rings. The number of carbonyl (C=O) groups excluding carboxylic acids is 2. The van der Waals surface area contributed by atoms with E-state index in [-0.39, 0.29) is 0 Å². The molecule has 0 N–H and O–H groups in total. The molecule has 0 aromatic heterocycles. The number of esters is 2. The highest BCUT2D eigenvalue weighted by Crippen LogP contribution is 2.41. The van der Waals surface area contributed by atoms with Crippen molar-refractivity contribution in [3.8, 4) is 0 Å². The van der Waals surface area contributed by atoms with Gasteiger partial charge in [0.2, 0.25) is 0 Å². The van der Waals surface area contributed by atoms with Gasteiger partial charge in [0.15, 0.2) is 18.0 Å². The van der Waals surface area contributed by atoms with Crippen LogP contribution >= 0.6 is 0 Å². The molecule has 6 heteroatoms. The van der Waals surface area contributed by atoms with Crippen molar-refractivity contribution in [2.45, 2.75) is 89.6 Å². The maximum atomic E-state index is 12.4. The summed E-state index contributed by atoms with van der Waals surface area (Å²) in [4.78, 5) is 24.7. The van der Waals surface area contributed by atoms with Crippen molar-refractivity contribution in [1.82, 2.24) is 0 Å². The fourth-order valence-electron chi connectivity index (χ4n) is 3.08. The van der Waals surface area contributed by atoms with E-state index in [2.05, 4.69) is 0 Å². The van der Waals surface area contributed by atoms with Gasteiger partial charge in [0.25, 0.3) is 0 Å². The first-order valence-corrected chi connectivity index (χ1v) is 9.31. The second-order valence-electron chi connectivity index (χ2n) is 6.59. The Balaban J connectivity index is 2.01. The predicted octanol–water partition coefficient (Wildman–Crippen LogP) is 3.12. The van der Waals surface area contributed by atoms with Gasteiger partial charge in [0.05, 0.1) is 13.2 Å². The van der Waals surface area contributed by atoms with Crippen LogP contribution in [0.25, 0.3) is 0 Å². The predicted molar refractivity (Wildman–Crippen MR) is 87.3 cm³/mol. The van der Waals surface area contributed by atoms with Crippen LogP contribution in [0.4, 0.5) is 0 Å². The first-order valence-electron chi connectivity index (χ1n) is 9.31. The van der Waals surface area contributed by atoms with Crippen molar-refractivity contribution in [1.29, 1.82) is 0 Å². The molecule has 1 saturated heterocycles. The molecule has 0 amide bonds. The molecule has 2 rings (SSSR count). The Kier molecular flexibility index (Phi) is 7.49. The molecule has 1 heterocycles. The highest BCUT2D eigenvalue weighted by Gasteiger charge is 2.54. The van der Waals surface area contributed by atoms with Crippen LogP contribution < -0.4 is 0 Å². The third-order valence-electron chi connectivity index (χ3n) is 4.52. The molecule has 24 heavy (non-hydrogen) atoms. The monoisotopic (exact) mass is 342 g/mol. The van der Waals surface area contributed by atoms with Gasteiger partial charge >= 0.3 is 11.9 Å². The van der Waals surface area contributed by atoms with E-state index in [1.807, 2.05) is 13.8 Å². The van der Waals surface area contributed by atoms with E-state index in [1.54, 1.807) is 0 Å². The number of carbonyl (C=O) groups is 2. The molecule has 6 nitrogen and oxygen atoms in total. The molecule has 1 saturated carbocycles. The Bertz CT molecular complexity index is 384. The fraction of sp³-hybridized carbons (Fsp3) is 0.889. The average Bonchev–Trinajstić information content (AvgIpc) is 2.95. The van der Waals surface area contributed by atoms with Crippen LogP contribution in [0, 0.1) is 0 Å². The number of hydrogen-bond donors (Lipinski definition) is 0. The molecule has 0 aromatic carbocycles. The summed E-state index contributed by atoms with van der Waals surface area (Å²) in [6.07, 6.45) is 5.85. The van der Waals surface area contributed by atoms with E-state index in [0.29, 0.717) is 26.1 Å². The molecule has 138 valence electrons. The van der Waals surface area contributed by atoms with Crippen LogP contribution in [0.5, 0.6) is 0 Å². The smallest absolute Gasteiger partial charge is 0.338 e. The lowest BCUT2D eigenvalue weighted by Crippen LogP contribution is -2.39. The van der Waals surface area contributed by atoms with Gasteiger partial charge in [-0.05, 0) is 25.7 Å². The Labute approximate surface area is 144 Å². The summed E-state index contributed by atoms with van der Waals surface area (Å²) in [6.45, 7) is 4.71. The minimum atomic E-state index is -1.02. The molecule has 0 radical (unpaired) electrons. The fourth-order valence-corrected chi connectivity index (χ4v) is 3.08. The molecule has 1 spiro atoms. The summed E-state index contributed by atoms with van der Waals surface area (Å²) in [6, 6.07) is 0. The maximum Gasteiger partial charge on any atom is 0.338 e. The minimum Gasteiger partial charge on any atom is -0.464 e. The van der Waals surface area contributed by atoms with Crippen molar-refractivity contribution in [3.63, 3.8) is 0 Å². The number of rotatable bonds is 8. The van der Waals surface area contributed by atoms with Crippen LogP contribution in [0.1, 0.15) is 71.6 Å². The molecule has 2 atom stereocenters. The lowest BCUT2D eigenvalue weighted by molar-refractivity contribution is -0.203. The van der Waals surface area contributed by atoms with E-state index >= 15 is 0 Å². The number of ether oxygens (including phenoxy) is 4. The van der Waals surface area contributed by atoms with E-state index in [9.17, 15) is 9.59 Å². The largest absolute Gasteiger partial charge is 0.464 e. The van der Waals surface area contributed by atoms with Crippen molar-refractivity contribution < 1.29 is 28.5 Å². The van der Waals surface area contributed by atoms with Gasteiger partial charge in [0.1, 0.15) is 0 Å². The summed E-state index contributed by atoms with van der Waals surface area (Å²) in [7, 11) is 0. The van der Waals surface area contributed by atoms with Gasteiger partial charge < -0.3 is 18.9 Å². The Morgan fingerprint density at radius 1 is 0.875 bits per heavy atom. The molecular formula is C18H30O6. The number of hydrogen-bond acceptors (Lipinski definition) is 6. The Hall–Kier alpha value is -1.14. The highest BCUT2D eigenvalue weighted by molar-refractivity contribution is 5.86. The Morgan fingerprint density at radius 2 is 1.33 bits per heavy atom. The van der Waals surface area contributed by atoms with Crippen LogP contribution in [-0.2, 0) is 28.5 Å². The second kappa shape index (κ2) is 9.37.